The zero-order valence-corrected chi connectivity index (χ0v) is 14.1. The second kappa shape index (κ2) is 5.75. The molecule has 2 fully saturated rings. The maximum atomic E-state index is 12.6. The van der Waals surface area contributed by atoms with Gasteiger partial charge in [-0.1, -0.05) is 18.2 Å². The molecule has 0 bridgehead atoms. The van der Waals surface area contributed by atoms with Gasteiger partial charge in [0.2, 0.25) is 5.91 Å². The Balaban J connectivity index is 1.43. The Morgan fingerprint density at radius 1 is 1.32 bits per heavy atom. The van der Waals surface area contributed by atoms with Gasteiger partial charge < -0.3 is 15.4 Å². The second-order valence-electron chi connectivity index (χ2n) is 7.09. The molecule has 0 aromatic heterocycles. The maximum Gasteiger partial charge on any atom is 0.325 e. The molecule has 1 aliphatic carbocycles. The molecule has 1 saturated heterocycles. The summed E-state index contributed by atoms with van der Waals surface area (Å²) in [7, 11) is 0. The van der Waals surface area contributed by atoms with E-state index in [2.05, 4.69) is 10.6 Å². The molecule has 7 heteroatoms. The molecule has 2 N–H and O–H groups in total. The van der Waals surface area contributed by atoms with Gasteiger partial charge in [0.1, 0.15) is 17.8 Å². The molecule has 4 amide bonds. The van der Waals surface area contributed by atoms with Gasteiger partial charge in [-0.15, -0.1) is 0 Å². The number of carbonyl (C=O) groups is 3. The minimum absolute atomic E-state index is 0.173. The lowest BCUT2D eigenvalue weighted by Crippen LogP contribution is -2.47. The Kier molecular flexibility index (Phi) is 3.67. The number of imide groups is 1. The predicted molar refractivity (Wildman–Crippen MR) is 88.8 cm³/mol. The van der Waals surface area contributed by atoms with Crippen molar-refractivity contribution in [1.82, 2.24) is 15.5 Å². The number of benzene rings is 1. The van der Waals surface area contributed by atoms with Crippen molar-refractivity contribution >= 4 is 17.8 Å². The molecule has 132 valence electrons. The third-order valence-electron chi connectivity index (χ3n) is 5.29. The van der Waals surface area contributed by atoms with Crippen LogP contribution in [-0.2, 0) is 9.59 Å². The lowest BCUT2D eigenvalue weighted by molar-refractivity contribution is -0.135. The van der Waals surface area contributed by atoms with Crippen LogP contribution < -0.4 is 15.4 Å². The highest BCUT2D eigenvalue weighted by molar-refractivity contribution is 6.09. The molecule has 0 unspecified atom stereocenters. The topological polar surface area (TPSA) is 87.7 Å². The number of hydrogen-bond donors (Lipinski definition) is 2. The molecular weight excluding hydrogens is 322 g/mol. The summed E-state index contributed by atoms with van der Waals surface area (Å²) < 4.78 is 5.58. The van der Waals surface area contributed by atoms with Crippen molar-refractivity contribution in [2.75, 3.05) is 13.2 Å². The first-order valence-corrected chi connectivity index (χ1v) is 8.64. The van der Waals surface area contributed by atoms with Crippen LogP contribution in [0.3, 0.4) is 0 Å². The summed E-state index contributed by atoms with van der Waals surface area (Å²) in [6.45, 7) is 2.01. The number of amides is 4. The average Bonchev–Trinajstić information content (AvgIpc) is 3.42. The first kappa shape index (κ1) is 15.9. The summed E-state index contributed by atoms with van der Waals surface area (Å²) >= 11 is 0. The third-order valence-corrected chi connectivity index (χ3v) is 5.29. The molecule has 7 nitrogen and oxygen atoms in total. The highest BCUT2D eigenvalue weighted by Crippen LogP contribution is 2.42. The molecule has 2 atom stereocenters. The summed E-state index contributed by atoms with van der Waals surface area (Å²) in [6, 6.07) is 6.90. The van der Waals surface area contributed by atoms with Crippen molar-refractivity contribution in [2.24, 2.45) is 5.92 Å². The molecule has 4 rings (SSSR count). The number of nitrogens with one attached hydrogen (secondary N) is 2. The SMILES string of the molecule is C[C@@]1(C2CC2)NC(=O)N(CC(=O)N[C@@H]2CCOc3ccccc32)C1=O. The van der Waals surface area contributed by atoms with E-state index in [9.17, 15) is 14.4 Å². The van der Waals surface area contributed by atoms with Crippen molar-refractivity contribution in [2.45, 2.75) is 37.8 Å². The number of nitrogens with zero attached hydrogens (tertiary/aromatic N) is 1. The van der Waals surface area contributed by atoms with E-state index in [1.54, 1.807) is 6.92 Å². The van der Waals surface area contributed by atoms with Crippen LogP contribution in [0.1, 0.15) is 37.8 Å². The maximum absolute atomic E-state index is 12.6. The first-order chi connectivity index (χ1) is 12.0. The van der Waals surface area contributed by atoms with Crippen LogP contribution in [0.5, 0.6) is 5.75 Å². The van der Waals surface area contributed by atoms with Gasteiger partial charge in [0, 0.05) is 12.0 Å². The number of hydrogen-bond acceptors (Lipinski definition) is 4. The summed E-state index contributed by atoms with van der Waals surface area (Å²) in [5.41, 5.74) is 0.0601. The fourth-order valence-electron chi connectivity index (χ4n) is 3.67. The van der Waals surface area contributed by atoms with E-state index in [0.717, 1.165) is 29.1 Å². The van der Waals surface area contributed by atoms with Crippen LogP contribution in [0.15, 0.2) is 24.3 Å². The smallest absolute Gasteiger partial charge is 0.325 e. The third kappa shape index (κ3) is 2.73. The summed E-state index contributed by atoms with van der Waals surface area (Å²) in [5, 5.41) is 5.68. The number of carbonyl (C=O) groups excluding carboxylic acids is 3. The van der Waals surface area contributed by atoms with E-state index in [1.807, 2.05) is 24.3 Å². The largest absolute Gasteiger partial charge is 0.493 e. The Hall–Kier alpha value is -2.57. The molecular formula is C18H21N3O4. The normalized spacial score (nSPS) is 28.2. The molecule has 2 heterocycles. The van der Waals surface area contributed by atoms with Crippen LogP contribution in [0, 0.1) is 5.92 Å². The van der Waals surface area contributed by atoms with Crippen molar-refractivity contribution < 1.29 is 19.1 Å². The van der Waals surface area contributed by atoms with Crippen molar-refractivity contribution in [3.63, 3.8) is 0 Å². The first-order valence-electron chi connectivity index (χ1n) is 8.64. The van der Waals surface area contributed by atoms with Crippen LogP contribution >= 0.6 is 0 Å². The fourth-order valence-corrected chi connectivity index (χ4v) is 3.67. The lowest BCUT2D eigenvalue weighted by atomic mass is 9.96. The van der Waals surface area contributed by atoms with E-state index >= 15 is 0 Å². The molecule has 1 aromatic rings. The summed E-state index contributed by atoms with van der Waals surface area (Å²) in [4.78, 5) is 38.2. The van der Waals surface area contributed by atoms with E-state index in [0.29, 0.717) is 13.0 Å². The van der Waals surface area contributed by atoms with Crippen LogP contribution in [0.4, 0.5) is 4.79 Å². The number of urea groups is 1. The molecule has 1 aromatic carbocycles. The second-order valence-corrected chi connectivity index (χ2v) is 7.09. The van der Waals surface area contributed by atoms with E-state index in [-0.39, 0.29) is 30.3 Å². The summed E-state index contributed by atoms with van der Waals surface area (Å²) in [5.74, 6) is 0.294. The van der Waals surface area contributed by atoms with E-state index < -0.39 is 11.6 Å². The van der Waals surface area contributed by atoms with Gasteiger partial charge in [-0.25, -0.2) is 4.79 Å². The molecule has 25 heavy (non-hydrogen) atoms. The van der Waals surface area contributed by atoms with Crippen LogP contribution in [-0.4, -0.2) is 41.4 Å². The highest BCUT2D eigenvalue weighted by atomic mass is 16.5. The average molecular weight is 343 g/mol. The van der Waals surface area contributed by atoms with Gasteiger partial charge >= 0.3 is 6.03 Å². The quantitative estimate of drug-likeness (QED) is 0.808. The molecule has 3 aliphatic rings. The highest BCUT2D eigenvalue weighted by Gasteiger charge is 2.56. The standard InChI is InChI=1S/C18H21N3O4/c1-18(11-6-7-11)16(23)21(17(24)20-18)10-15(22)19-13-8-9-25-14-5-3-2-4-12(13)14/h2-5,11,13H,6-10H2,1H3,(H,19,22)(H,20,24)/t13-,18+/m1/s1. The minimum atomic E-state index is -0.858. The van der Waals surface area contributed by atoms with Crippen LogP contribution in [0.25, 0.3) is 0 Å². The number of ether oxygens (including phenoxy) is 1. The van der Waals surface area contributed by atoms with Crippen molar-refractivity contribution in [3.8, 4) is 5.75 Å². The monoisotopic (exact) mass is 343 g/mol. The predicted octanol–water partition coefficient (Wildman–Crippen LogP) is 1.35. The van der Waals surface area contributed by atoms with Gasteiger partial charge in [-0.05, 0) is 31.7 Å². The van der Waals surface area contributed by atoms with Gasteiger partial charge in [0.05, 0.1) is 12.6 Å². The Morgan fingerprint density at radius 2 is 2.08 bits per heavy atom. The van der Waals surface area contributed by atoms with E-state index in [1.165, 1.54) is 0 Å². The van der Waals surface area contributed by atoms with E-state index in [4.69, 9.17) is 4.74 Å². The zero-order valence-electron chi connectivity index (χ0n) is 14.1. The van der Waals surface area contributed by atoms with Crippen LogP contribution in [0.2, 0.25) is 0 Å². The van der Waals surface area contributed by atoms with Gasteiger partial charge in [0.15, 0.2) is 0 Å². The number of para-hydroxylation sites is 1. The molecule has 0 spiro atoms. The summed E-state index contributed by atoms with van der Waals surface area (Å²) in [6.07, 6.45) is 2.52. The minimum Gasteiger partial charge on any atom is -0.493 e. The number of rotatable bonds is 4. The zero-order chi connectivity index (χ0) is 17.6. The number of fused-ring (bicyclic) bond motifs is 1. The van der Waals surface area contributed by atoms with Gasteiger partial charge in [-0.2, -0.15) is 0 Å². The lowest BCUT2D eigenvalue weighted by Gasteiger charge is -2.27. The van der Waals surface area contributed by atoms with Gasteiger partial charge in [-0.3, -0.25) is 14.5 Å². The van der Waals surface area contributed by atoms with Crippen molar-refractivity contribution in [3.05, 3.63) is 29.8 Å². The Morgan fingerprint density at radius 3 is 2.84 bits per heavy atom. The molecule has 0 radical (unpaired) electrons. The molecule has 2 aliphatic heterocycles. The van der Waals surface area contributed by atoms with Gasteiger partial charge in [0.25, 0.3) is 5.91 Å². The molecule has 1 saturated carbocycles. The Bertz CT molecular complexity index is 746. The Labute approximate surface area is 145 Å². The van der Waals surface area contributed by atoms with Crippen molar-refractivity contribution in [1.29, 1.82) is 0 Å². The fraction of sp³-hybridized carbons (Fsp3) is 0.500.